The van der Waals surface area contributed by atoms with Crippen molar-refractivity contribution in [3.63, 3.8) is 0 Å². The summed E-state index contributed by atoms with van der Waals surface area (Å²) in [6.07, 6.45) is -7.44. The molecule has 120 valence electrons. The van der Waals surface area contributed by atoms with Crippen LogP contribution in [0.4, 0.5) is 17.6 Å². The Morgan fingerprint density at radius 1 is 1.33 bits per heavy atom. The predicted molar refractivity (Wildman–Crippen MR) is 67.5 cm³/mol. The fourth-order valence-corrected chi connectivity index (χ4v) is 1.44. The molecular weight excluding hydrogens is 294 g/mol. The maximum Gasteiger partial charge on any atom is 0.417 e. The van der Waals surface area contributed by atoms with E-state index >= 15 is 0 Å². The average molecular weight is 311 g/mol. The summed E-state index contributed by atoms with van der Waals surface area (Å²) in [4.78, 5) is 0. The Bertz CT molecular complexity index is 440. The highest BCUT2D eigenvalue weighted by Gasteiger charge is 2.38. The van der Waals surface area contributed by atoms with Crippen LogP contribution >= 0.6 is 0 Å². The zero-order valence-corrected chi connectivity index (χ0v) is 11.4. The van der Waals surface area contributed by atoms with Crippen molar-refractivity contribution < 1.29 is 32.1 Å². The minimum atomic E-state index is -4.79. The molecule has 1 atom stereocenters. The third-order valence-corrected chi connectivity index (χ3v) is 2.58. The first-order valence-electron chi connectivity index (χ1n) is 6.20. The van der Waals surface area contributed by atoms with E-state index in [0.29, 0.717) is 25.3 Å². The summed E-state index contributed by atoms with van der Waals surface area (Å²) in [6, 6.07) is 3.92. The molecule has 0 aliphatic carbocycles. The van der Waals surface area contributed by atoms with Gasteiger partial charge < -0.3 is 19.9 Å². The third-order valence-electron chi connectivity index (χ3n) is 2.58. The molecule has 1 aromatic rings. The van der Waals surface area contributed by atoms with Crippen LogP contribution in [0.2, 0.25) is 0 Å². The first kappa shape index (κ1) is 17.7. The first-order valence-corrected chi connectivity index (χ1v) is 6.20. The number of halogens is 4. The molecule has 21 heavy (non-hydrogen) atoms. The number of aliphatic hydroxyl groups excluding tert-OH is 1. The Kier molecular flexibility index (Phi) is 6.86. The second-order valence-corrected chi connectivity index (χ2v) is 4.30. The molecule has 0 amide bonds. The molecule has 0 fully saturated rings. The molecular formula is C13H17F4NO3. The van der Waals surface area contributed by atoms with Crippen LogP contribution in [0.15, 0.2) is 18.2 Å². The molecule has 0 radical (unpaired) electrons. The van der Waals surface area contributed by atoms with E-state index < -0.39 is 24.7 Å². The predicted octanol–water partition coefficient (Wildman–Crippen LogP) is 1.86. The van der Waals surface area contributed by atoms with Gasteiger partial charge in [0.15, 0.2) is 17.7 Å². The topological polar surface area (TPSA) is 50.7 Å². The van der Waals surface area contributed by atoms with Crippen LogP contribution < -0.4 is 10.1 Å². The van der Waals surface area contributed by atoms with Crippen LogP contribution in [0.1, 0.15) is 5.56 Å². The minimum Gasteiger partial charge on any atom is -0.487 e. The van der Waals surface area contributed by atoms with E-state index in [4.69, 9.17) is 9.84 Å². The van der Waals surface area contributed by atoms with Gasteiger partial charge in [-0.15, -0.1) is 0 Å². The highest BCUT2D eigenvalue weighted by atomic mass is 19.4. The number of rotatable bonds is 8. The zero-order valence-electron chi connectivity index (χ0n) is 11.4. The summed E-state index contributed by atoms with van der Waals surface area (Å²) < 4.78 is 59.3. The number of hydrogen-bond donors (Lipinski definition) is 2. The molecule has 0 aromatic heterocycles. The van der Waals surface area contributed by atoms with E-state index in [0.717, 1.165) is 6.07 Å². The van der Waals surface area contributed by atoms with Crippen molar-refractivity contribution in [2.45, 2.75) is 18.8 Å². The number of aliphatic hydroxyl groups is 1. The van der Waals surface area contributed by atoms with Crippen molar-refractivity contribution in [3.05, 3.63) is 29.6 Å². The molecule has 8 heteroatoms. The number of ether oxygens (including phenoxy) is 2. The van der Waals surface area contributed by atoms with Crippen molar-refractivity contribution in [2.24, 2.45) is 0 Å². The van der Waals surface area contributed by atoms with E-state index in [2.05, 4.69) is 10.1 Å². The normalized spacial score (nSPS) is 13.2. The summed E-state index contributed by atoms with van der Waals surface area (Å²) in [7, 11) is 1.56. The van der Waals surface area contributed by atoms with Gasteiger partial charge in [-0.2, -0.15) is 13.2 Å². The Morgan fingerprint density at radius 3 is 2.62 bits per heavy atom. The second kappa shape index (κ2) is 8.16. The lowest BCUT2D eigenvalue weighted by atomic mass is 10.2. The molecule has 0 bridgehead atoms. The third kappa shape index (κ3) is 6.28. The molecule has 1 unspecified atom stereocenters. The average Bonchev–Trinajstić information content (AvgIpc) is 2.41. The smallest absolute Gasteiger partial charge is 0.417 e. The van der Waals surface area contributed by atoms with E-state index in [-0.39, 0.29) is 5.75 Å². The molecule has 1 aromatic carbocycles. The highest BCUT2D eigenvalue weighted by molar-refractivity contribution is 5.29. The van der Waals surface area contributed by atoms with Gasteiger partial charge in [0.1, 0.15) is 6.61 Å². The van der Waals surface area contributed by atoms with Gasteiger partial charge in [-0.1, -0.05) is 6.07 Å². The number of alkyl halides is 3. The van der Waals surface area contributed by atoms with Crippen molar-refractivity contribution in [1.29, 1.82) is 0 Å². The van der Waals surface area contributed by atoms with Crippen LogP contribution in [-0.4, -0.2) is 44.3 Å². The van der Waals surface area contributed by atoms with Crippen molar-refractivity contribution in [2.75, 3.05) is 26.9 Å². The number of hydrogen-bond acceptors (Lipinski definition) is 4. The number of benzene rings is 1. The second-order valence-electron chi connectivity index (χ2n) is 4.30. The van der Waals surface area contributed by atoms with Crippen molar-refractivity contribution >= 4 is 0 Å². The Labute approximate surface area is 119 Å². The number of methoxy groups -OCH3 is 1. The van der Waals surface area contributed by atoms with Crippen LogP contribution in [0.25, 0.3) is 0 Å². The van der Waals surface area contributed by atoms with E-state index in [1.54, 1.807) is 7.11 Å². The molecule has 4 nitrogen and oxygen atoms in total. The largest absolute Gasteiger partial charge is 0.487 e. The van der Waals surface area contributed by atoms with Crippen LogP contribution in [0.5, 0.6) is 5.75 Å². The van der Waals surface area contributed by atoms with Crippen LogP contribution in [0, 0.1) is 5.82 Å². The lowest BCUT2D eigenvalue weighted by molar-refractivity contribution is -0.210. The molecule has 0 saturated heterocycles. The lowest BCUT2D eigenvalue weighted by Crippen LogP contribution is -2.34. The summed E-state index contributed by atoms with van der Waals surface area (Å²) >= 11 is 0. The van der Waals surface area contributed by atoms with Gasteiger partial charge in [-0.3, -0.25) is 0 Å². The van der Waals surface area contributed by atoms with Gasteiger partial charge in [-0.05, 0) is 17.7 Å². The van der Waals surface area contributed by atoms with E-state index in [1.165, 1.54) is 12.1 Å². The fraction of sp³-hybridized carbons (Fsp3) is 0.538. The molecule has 0 aliphatic rings. The fourth-order valence-electron chi connectivity index (χ4n) is 1.44. The highest BCUT2D eigenvalue weighted by Crippen LogP contribution is 2.23. The molecule has 0 heterocycles. The molecule has 0 spiro atoms. The standard InChI is InChI=1S/C13H17F4NO3/c1-20-5-4-18-7-9-2-3-11(10(14)6-9)21-8-12(19)13(15,16)17/h2-3,6,12,18-19H,4-5,7-8H2,1H3. The summed E-state index contributed by atoms with van der Waals surface area (Å²) in [6.45, 7) is 0.449. The Hall–Kier alpha value is -1.38. The number of nitrogens with one attached hydrogen (secondary N) is 1. The van der Waals surface area contributed by atoms with Crippen molar-refractivity contribution in [1.82, 2.24) is 5.32 Å². The van der Waals surface area contributed by atoms with Gasteiger partial charge in [0.05, 0.1) is 6.61 Å². The SMILES string of the molecule is COCCNCc1ccc(OCC(O)C(F)(F)F)c(F)c1. The van der Waals surface area contributed by atoms with E-state index in [9.17, 15) is 17.6 Å². The monoisotopic (exact) mass is 311 g/mol. The Balaban J connectivity index is 2.50. The maximum atomic E-state index is 13.6. The van der Waals surface area contributed by atoms with E-state index in [1.807, 2.05) is 0 Å². The summed E-state index contributed by atoms with van der Waals surface area (Å²) in [5, 5.41) is 11.8. The molecule has 0 saturated carbocycles. The zero-order chi connectivity index (χ0) is 15.9. The van der Waals surface area contributed by atoms with Gasteiger partial charge in [0.25, 0.3) is 0 Å². The minimum absolute atomic E-state index is 0.334. The van der Waals surface area contributed by atoms with Gasteiger partial charge >= 0.3 is 6.18 Å². The van der Waals surface area contributed by atoms with Crippen LogP contribution in [0.3, 0.4) is 0 Å². The summed E-state index contributed by atoms with van der Waals surface area (Å²) in [5.41, 5.74) is 0.618. The summed E-state index contributed by atoms with van der Waals surface area (Å²) in [5.74, 6) is -1.12. The van der Waals surface area contributed by atoms with Gasteiger partial charge in [-0.25, -0.2) is 4.39 Å². The Morgan fingerprint density at radius 2 is 2.05 bits per heavy atom. The van der Waals surface area contributed by atoms with Crippen LogP contribution in [-0.2, 0) is 11.3 Å². The first-order chi connectivity index (χ1) is 9.84. The van der Waals surface area contributed by atoms with Gasteiger partial charge in [0.2, 0.25) is 0 Å². The maximum absolute atomic E-state index is 13.6. The van der Waals surface area contributed by atoms with Crippen molar-refractivity contribution in [3.8, 4) is 5.75 Å². The van der Waals surface area contributed by atoms with Gasteiger partial charge in [0, 0.05) is 20.2 Å². The lowest BCUT2D eigenvalue weighted by Gasteiger charge is -2.15. The molecule has 0 aliphatic heterocycles. The molecule has 1 rings (SSSR count). The molecule has 2 N–H and O–H groups in total. The quantitative estimate of drug-likeness (QED) is 0.568.